The quantitative estimate of drug-likeness (QED) is 0.661. The number of rotatable bonds is 4. The summed E-state index contributed by atoms with van der Waals surface area (Å²) in [5.41, 5.74) is 0.883. The van der Waals surface area contributed by atoms with Crippen molar-refractivity contribution in [3.63, 3.8) is 0 Å². The van der Waals surface area contributed by atoms with Crippen LogP contribution in [0.3, 0.4) is 0 Å². The Balaban J connectivity index is 2.80. The summed E-state index contributed by atoms with van der Waals surface area (Å²) < 4.78 is 0. The molecule has 16 heavy (non-hydrogen) atoms. The molecule has 5 heteroatoms. The van der Waals surface area contributed by atoms with E-state index in [0.717, 1.165) is 5.56 Å². The molecule has 0 heterocycles. The lowest BCUT2D eigenvalue weighted by atomic mass is 10.1. The summed E-state index contributed by atoms with van der Waals surface area (Å²) in [5.74, 6) is 0. The van der Waals surface area contributed by atoms with E-state index in [1.165, 1.54) is 0 Å². The zero-order valence-electron chi connectivity index (χ0n) is 8.73. The fraction of sp³-hybridized carbons (Fsp3) is 0.364. The van der Waals surface area contributed by atoms with Crippen LogP contribution in [0.15, 0.2) is 12.1 Å². The first-order valence-corrected chi connectivity index (χ1v) is 5.95. The van der Waals surface area contributed by atoms with Crippen molar-refractivity contribution < 1.29 is 0 Å². The molecule has 1 aromatic rings. The van der Waals surface area contributed by atoms with E-state index in [1.807, 2.05) is 13.0 Å². The zero-order chi connectivity index (χ0) is 12.1. The Morgan fingerprint density at radius 1 is 1.31 bits per heavy atom. The fourth-order valence-corrected chi connectivity index (χ4v) is 2.04. The van der Waals surface area contributed by atoms with E-state index in [-0.39, 0.29) is 6.04 Å². The van der Waals surface area contributed by atoms with E-state index in [9.17, 15) is 0 Å². The number of hydrogen-bond acceptors (Lipinski definition) is 2. The number of nitrogens with one attached hydrogen (secondary N) is 1. The third-order valence-electron chi connectivity index (χ3n) is 2.22. The second kappa shape index (κ2) is 6.32. The first-order chi connectivity index (χ1) is 7.57. The van der Waals surface area contributed by atoms with Gasteiger partial charge in [-0.15, -0.1) is 0 Å². The minimum Gasteiger partial charge on any atom is -0.309 e. The number of nitrogens with zero attached hydrogens (tertiary/aromatic N) is 1. The van der Waals surface area contributed by atoms with Gasteiger partial charge in [-0.05, 0) is 18.6 Å². The second-order valence-corrected chi connectivity index (χ2v) is 4.51. The molecule has 0 fully saturated rings. The molecule has 1 N–H and O–H groups in total. The highest BCUT2D eigenvalue weighted by atomic mass is 35.5. The van der Waals surface area contributed by atoms with Crippen LogP contribution in [0.25, 0.3) is 0 Å². The largest absolute Gasteiger partial charge is 0.309 e. The van der Waals surface area contributed by atoms with Crippen molar-refractivity contribution in [2.45, 2.75) is 19.4 Å². The average molecular weight is 278 g/mol. The minimum atomic E-state index is 0.0376. The van der Waals surface area contributed by atoms with Gasteiger partial charge >= 0.3 is 0 Å². The first-order valence-electron chi connectivity index (χ1n) is 4.81. The van der Waals surface area contributed by atoms with Crippen LogP contribution in [-0.2, 0) is 0 Å². The van der Waals surface area contributed by atoms with Crippen molar-refractivity contribution in [3.8, 4) is 6.07 Å². The molecule has 0 aliphatic carbocycles. The highest BCUT2D eigenvalue weighted by molar-refractivity contribution is 6.48. The lowest BCUT2D eigenvalue weighted by Gasteiger charge is -2.15. The van der Waals surface area contributed by atoms with Crippen molar-refractivity contribution in [1.29, 1.82) is 5.26 Å². The number of hydrogen-bond donors (Lipinski definition) is 1. The molecule has 0 bridgehead atoms. The third-order valence-corrected chi connectivity index (χ3v) is 3.53. The predicted octanol–water partition coefficient (Wildman–Crippen LogP) is 4.21. The Morgan fingerprint density at radius 3 is 2.62 bits per heavy atom. The molecule has 0 spiro atoms. The number of nitriles is 1. The van der Waals surface area contributed by atoms with Crippen molar-refractivity contribution in [2.75, 3.05) is 6.54 Å². The Labute approximate surface area is 110 Å². The maximum absolute atomic E-state index is 8.43. The Hall–Kier alpha value is -0.460. The molecule has 1 rings (SSSR count). The van der Waals surface area contributed by atoms with Gasteiger partial charge in [0.15, 0.2) is 0 Å². The molecular formula is C11H11Cl3N2. The second-order valence-electron chi connectivity index (χ2n) is 3.35. The summed E-state index contributed by atoms with van der Waals surface area (Å²) in [4.78, 5) is 0. The molecule has 86 valence electrons. The maximum Gasteiger partial charge on any atom is 0.0781 e. The van der Waals surface area contributed by atoms with Gasteiger partial charge in [0.1, 0.15) is 0 Å². The van der Waals surface area contributed by atoms with Crippen LogP contribution in [0.4, 0.5) is 0 Å². The van der Waals surface area contributed by atoms with Crippen LogP contribution in [0, 0.1) is 11.3 Å². The zero-order valence-corrected chi connectivity index (χ0v) is 11.0. The standard InChI is InChI=1S/C11H11Cl3N2/c1-7(16-6-2-5-15)8-3-4-9(12)11(14)10(8)13/h3-4,7,16H,2,6H2,1H3. The Morgan fingerprint density at radius 2 is 2.00 bits per heavy atom. The van der Waals surface area contributed by atoms with Gasteiger partial charge in [-0.1, -0.05) is 40.9 Å². The van der Waals surface area contributed by atoms with E-state index in [4.69, 9.17) is 40.1 Å². The minimum absolute atomic E-state index is 0.0376. The predicted molar refractivity (Wildman–Crippen MR) is 68.1 cm³/mol. The lowest BCUT2D eigenvalue weighted by Crippen LogP contribution is -2.19. The highest BCUT2D eigenvalue weighted by Crippen LogP contribution is 2.35. The molecule has 0 aliphatic rings. The summed E-state index contributed by atoms with van der Waals surface area (Å²) in [6.45, 7) is 2.58. The Bertz CT molecular complexity index is 412. The van der Waals surface area contributed by atoms with Crippen molar-refractivity contribution in [2.24, 2.45) is 0 Å². The van der Waals surface area contributed by atoms with Crippen LogP contribution >= 0.6 is 34.8 Å². The van der Waals surface area contributed by atoms with Crippen LogP contribution in [0.2, 0.25) is 15.1 Å². The monoisotopic (exact) mass is 276 g/mol. The molecule has 0 aliphatic heterocycles. The molecule has 1 atom stereocenters. The van der Waals surface area contributed by atoms with Crippen molar-refractivity contribution in [3.05, 3.63) is 32.8 Å². The molecule has 0 amide bonds. The van der Waals surface area contributed by atoms with E-state index in [2.05, 4.69) is 11.4 Å². The van der Waals surface area contributed by atoms with Gasteiger partial charge in [0.05, 0.1) is 21.1 Å². The van der Waals surface area contributed by atoms with Crippen LogP contribution in [0.1, 0.15) is 24.9 Å². The van der Waals surface area contributed by atoms with E-state index in [0.29, 0.717) is 28.0 Å². The van der Waals surface area contributed by atoms with Crippen molar-refractivity contribution >= 4 is 34.8 Å². The molecule has 1 aromatic carbocycles. The lowest BCUT2D eigenvalue weighted by molar-refractivity contribution is 0.583. The van der Waals surface area contributed by atoms with E-state index in [1.54, 1.807) is 6.07 Å². The van der Waals surface area contributed by atoms with Gasteiger partial charge in [-0.2, -0.15) is 5.26 Å². The van der Waals surface area contributed by atoms with Crippen molar-refractivity contribution in [1.82, 2.24) is 5.32 Å². The van der Waals surface area contributed by atoms with Gasteiger partial charge in [-0.3, -0.25) is 0 Å². The molecule has 2 nitrogen and oxygen atoms in total. The highest BCUT2D eigenvalue weighted by Gasteiger charge is 2.13. The SMILES string of the molecule is CC(NCCC#N)c1ccc(Cl)c(Cl)c1Cl. The molecule has 1 unspecified atom stereocenters. The number of benzene rings is 1. The molecule has 0 saturated heterocycles. The molecular weight excluding hydrogens is 266 g/mol. The van der Waals surface area contributed by atoms with Gasteiger partial charge < -0.3 is 5.32 Å². The molecule has 0 radical (unpaired) electrons. The fourth-order valence-electron chi connectivity index (χ4n) is 1.33. The van der Waals surface area contributed by atoms with Crippen LogP contribution in [-0.4, -0.2) is 6.54 Å². The summed E-state index contributed by atoms with van der Waals surface area (Å²) in [6, 6.07) is 5.65. The first kappa shape index (κ1) is 13.6. The van der Waals surface area contributed by atoms with E-state index < -0.39 is 0 Å². The van der Waals surface area contributed by atoms with E-state index >= 15 is 0 Å². The third kappa shape index (κ3) is 3.26. The Kier molecular flexibility index (Phi) is 5.37. The van der Waals surface area contributed by atoms with Gasteiger partial charge in [0.2, 0.25) is 0 Å². The van der Waals surface area contributed by atoms with Crippen LogP contribution in [0.5, 0.6) is 0 Å². The summed E-state index contributed by atoms with van der Waals surface area (Å²) >= 11 is 17.9. The smallest absolute Gasteiger partial charge is 0.0781 e. The summed E-state index contributed by atoms with van der Waals surface area (Å²) in [7, 11) is 0. The number of halogens is 3. The molecule has 0 aromatic heterocycles. The van der Waals surface area contributed by atoms with Gasteiger partial charge in [0.25, 0.3) is 0 Å². The topological polar surface area (TPSA) is 35.8 Å². The molecule has 0 saturated carbocycles. The summed E-state index contributed by atoms with van der Waals surface area (Å²) in [5, 5.41) is 12.9. The average Bonchev–Trinajstić information content (AvgIpc) is 2.26. The summed E-state index contributed by atoms with van der Waals surface area (Å²) in [6.07, 6.45) is 0.462. The maximum atomic E-state index is 8.43. The van der Waals surface area contributed by atoms with Crippen LogP contribution < -0.4 is 5.32 Å². The van der Waals surface area contributed by atoms with Gasteiger partial charge in [0, 0.05) is 19.0 Å². The van der Waals surface area contributed by atoms with Gasteiger partial charge in [-0.25, -0.2) is 0 Å². The normalized spacial score (nSPS) is 12.2.